The minimum Gasteiger partial charge on any atom is -0.378 e. The lowest BCUT2D eigenvalue weighted by Gasteiger charge is -2.29. The molecule has 7 nitrogen and oxygen atoms in total. The van der Waals surface area contributed by atoms with Crippen LogP contribution in [0.15, 0.2) is 42.5 Å². The largest absolute Gasteiger partial charge is 0.378 e. The highest BCUT2D eigenvalue weighted by Crippen LogP contribution is 2.30. The van der Waals surface area contributed by atoms with Gasteiger partial charge in [0.1, 0.15) is 0 Å². The highest BCUT2D eigenvalue weighted by atomic mass is 32.2. The summed E-state index contributed by atoms with van der Waals surface area (Å²) < 4.78 is 30.8. The molecule has 0 spiro atoms. The van der Waals surface area contributed by atoms with Crippen molar-refractivity contribution < 1.29 is 17.9 Å². The third-order valence-corrected chi connectivity index (χ3v) is 6.50. The highest BCUT2D eigenvalue weighted by molar-refractivity contribution is 7.92. The molecule has 2 aliphatic heterocycles. The van der Waals surface area contributed by atoms with E-state index in [0.717, 1.165) is 56.1 Å². The van der Waals surface area contributed by atoms with Crippen LogP contribution in [0.5, 0.6) is 0 Å². The molecule has 0 aromatic heterocycles. The Bertz CT molecular complexity index is 999. The van der Waals surface area contributed by atoms with Crippen LogP contribution in [0.3, 0.4) is 0 Å². The number of nitrogens with one attached hydrogen (secondary N) is 1. The number of sulfonamides is 1. The second-order valence-electron chi connectivity index (χ2n) is 7.38. The molecule has 2 aliphatic rings. The Morgan fingerprint density at radius 3 is 2.45 bits per heavy atom. The molecule has 0 bridgehead atoms. The Balaban J connectivity index is 1.47. The van der Waals surface area contributed by atoms with Crippen LogP contribution in [-0.4, -0.2) is 53.4 Å². The molecule has 0 radical (unpaired) electrons. The second kappa shape index (κ2) is 8.04. The number of hydrogen-bond acceptors (Lipinski definition) is 5. The van der Waals surface area contributed by atoms with Crippen molar-refractivity contribution in [2.24, 2.45) is 0 Å². The molecule has 2 aromatic carbocycles. The van der Waals surface area contributed by atoms with Crippen LogP contribution in [0.2, 0.25) is 0 Å². The molecule has 1 fully saturated rings. The van der Waals surface area contributed by atoms with E-state index in [1.54, 1.807) is 18.2 Å². The standard InChI is InChI=1S/C21H25N3O4S/c1-29(26,27)24-10-2-3-16-15-17(4-9-20(16)24)21(25)22-18-5-7-19(8-6-18)23-11-13-28-14-12-23/h4-9,15H,2-3,10-14H2,1H3,(H,22,25). The summed E-state index contributed by atoms with van der Waals surface area (Å²) in [5.41, 5.74) is 3.92. The molecular formula is C21H25N3O4S. The van der Waals surface area contributed by atoms with Gasteiger partial charge in [-0.1, -0.05) is 0 Å². The molecule has 2 aromatic rings. The van der Waals surface area contributed by atoms with Gasteiger partial charge < -0.3 is 15.0 Å². The molecule has 0 aliphatic carbocycles. The van der Waals surface area contributed by atoms with Crippen LogP contribution in [0.4, 0.5) is 17.1 Å². The van der Waals surface area contributed by atoms with Gasteiger partial charge in [-0.3, -0.25) is 9.10 Å². The minimum atomic E-state index is -3.31. The maximum absolute atomic E-state index is 12.7. The van der Waals surface area contributed by atoms with Gasteiger partial charge in [0.05, 0.1) is 25.2 Å². The van der Waals surface area contributed by atoms with Crippen molar-refractivity contribution in [1.29, 1.82) is 0 Å². The zero-order valence-electron chi connectivity index (χ0n) is 16.4. The molecule has 0 saturated carbocycles. The summed E-state index contributed by atoms with van der Waals surface area (Å²) in [4.78, 5) is 15.0. The molecule has 0 unspecified atom stereocenters. The molecule has 4 rings (SSSR count). The van der Waals surface area contributed by atoms with Crippen molar-refractivity contribution in [3.05, 3.63) is 53.6 Å². The van der Waals surface area contributed by atoms with E-state index in [-0.39, 0.29) is 5.91 Å². The van der Waals surface area contributed by atoms with Crippen LogP contribution >= 0.6 is 0 Å². The first-order chi connectivity index (χ1) is 13.9. The molecule has 29 heavy (non-hydrogen) atoms. The lowest BCUT2D eigenvalue weighted by molar-refractivity contribution is 0.102. The van der Waals surface area contributed by atoms with E-state index in [9.17, 15) is 13.2 Å². The van der Waals surface area contributed by atoms with E-state index >= 15 is 0 Å². The number of morpholine rings is 1. The van der Waals surface area contributed by atoms with Gasteiger partial charge in [0, 0.05) is 36.6 Å². The number of anilines is 3. The third kappa shape index (κ3) is 4.38. The fourth-order valence-corrected chi connectivity index (χ4v) is 4.82. The molecule has 0 atom stereocenters. The molecule has 8 heteroatoms. The summed E-state index contributed by atoms with van der Waals surface area (Å²) in [6, 6.07) is 13.0. The third-order valence-electron chi connectivity index (χ3n) is 5.32. The van der Waals surface area contributed by atoms with Crippen molar-refractivity contribution >= 4 is 33.0 Å². The summed E-state index contributed by atoms with van der Waals surface area (Å²) >= 11 is 0. The summed E-state index contributed by atoms with van der Waals surface area (Å²) in [6.45, 7) is 3.67. The van der Waals surface area contributed by atoms with E-state index < -0.39 is 10.0 Å². The number of nitrogens with zero attached hydrogens (tertiary/aromatic N) is 2. The van der Waals surface area contributed by atoms with Crippen LogP contribution in [0.25, 0.3) is 0 Å². The Hall–Kier alpha value is -2.58. The summed E-state index contributed by atoms with van der Waals surface area (Å²) in [5.74, 6) is -0.205. The number of ether oxygens (including phenoxy) is 1. The van der Waals surface area contributed by atoms with Crippen LogP contribution in [0.1, 0.15) is 22.3 Å². The maximum Gasteiger partial charge on any atom is 0.255 e. The molecule has 1 N–H and O–H groups in total. The van der Waals surface area contributed by atoms with Gasteiger partial charge in [-0.2, -0.15) is 0 Å². The molecule has 154 valence electrons. The van der Waals surface area contributed by atoms with E-state index in [1.165, 1.54) is 10.6 Å². The maximum atomic E-state index is 12.7. The zero-order valence-corrected chi connectivity index (χ0v) is 17.2. The predicted molar refractivity (Wildman–Crippen MR) is 114 cm³/mol. The lowest BCUT2D eigenvalue weighted by Crippen LogP contribution is -2.36. The number of rotatable bonds is 4. The molecular weight excluding hydrogens is 390 g/mol. The SMILES string of the molecule is CS(=O)(=O)N1CCCc2cc(C(=O)Nc3ccc(N4CCOCC4)cc3)ccc21. The van der Waals surface area contributed by atoms with Gasteiger partial charge in [0.2, 0.25) is 10.0 Å². The van der Waals surface area contributed by atoms with Gasteiger partial charge in [0.25, 0.3) is 5.91 Å². The summed E-state index contributed by atoms with van der Waals surface area (Å²) in [6.07, 6.45) is 2.72. The van der Waals surface area contributed by atoms with Crippen molar-refractivity contribution in [1.82, 2.24) is 0 Å². The van der Waals surface area contributed by atoms with Gasteiger partial charge in [-0.25, -0.2) is 8.42 Å². The molecule has 2 heterocycles. The van der Waals surface area contributed by atoms with Crippen molar-refractivity contribution in [3.63, 3.8) is 0 Å². The number of amides is 1. The fraction of sp³-hybridized carbons (Fsp3) is 0.381. The van der Waals surface area contributed by atoms with Gasteiger partial charge in [-0.15, -0.1) is 0 Å². The van der Waals surface area contributed by atoms with E-state index in [4.69, 9.17) is 4.74 Å². The number of fused-ring (bicyclic) bond motifs is 1. The number of carbonyl (C=O) groups is 1. The topological polar surface area (TPSA) is 79.0 Å². The van der Waals surface area contributed by atoms with Gasteiger partial charge in [-0.05, 0) is 60.9 Å². The normalized spacial score (nSPS) is 17.0. The minimum absolute atomic E-state index is 0.205. The van der Waals surface area contributed by atoms with Crippen molar-refractivity contribution in [2.75, 3.05) is 53.6 Å². The fourth-order valence-electron chi connectivity index (χ4n) is 3.83. The van der Waals surface area contributed by atoms with Gasteiger partial charge in [0.15, 0.2) is 0 Å². The average molecular weight is 416 g/mol. The zero-order chi connectivity index (χ0) is 20.4. The predicted octanol–water partition coefficient (Wildman–Crippen LogP) is 2.49. The van der Waals surface area contributed by atoms with E-state index in [2.05, 4.69) is 10.2 Å². The lowest BCUT2D eigenvalue weighted by atomic mass is 10.0. The van der Waals surface area contributed by atoms with E-state index in [0.29, 0.717) is 17.8 Å². The Kier molecular flexibility index (Phi) is 5.47. The molecule has 1 saturated heterocycles. The first-order valence-electron chi connectivity index (χ1n) is 9.76. The summed E-state index contributed by atoms with van der Waals surface area (Å²) in [7, 11) is -3.31. The Labute approximate surface area is 171 Å². The summed E-state index contributed by atoms with van der Waals surface area (Å²) in [5, 5.41) is 2.92. The number of aryl methyl sites for hydroxylation is 1. The average Bonchev–Trinajstić information content (AvgIpc) is 2.73. The smallest absolute Gasteiger partial charge is 0.255 e. The monoisotopic (exact) mass is 415 g/mol. The first-order valence-corrected chi connectivity index (χ1v) is 11.6. The van der Waals surface area contributed by atoms with Crippen LogP contribution in [0, 0.1) is 0 Å². The van der Waals surface area contributed by atoms with Crippen molar-refractivity contribution in [3.8, 4) is 0 Å². The Morgan fingerprint density at radius 2 is 1.76 bits per heavy atom. The molecule has 1 amide bonds. The Morgan fingerprint density at radius 1 is 1.03 bits per heavy atom. The van der Waals surface area contributed by atoms with Crippen molar-refractivity contribution in [2.45, 2.75) is 12.8 Å². The highest BCUT2D eigenvalue weighted by Gasteiger charge is 2.24. The van der Waals surface area contributed by atoms with Gasteiger partial charge >= 0.3 is 0 Å². The van der Waals surface area contributed by atoms with E-state index in [1.807, 2.05) is 24.3 Å². The quantitative estimate of drug-likeness (QED) is 0.830. The number of carbonyl (C=O) groups excluding carboxylic acids is 1. The number of benzene rings is 2. The van der Waals surface area contributed by atoms with Crippen LogP contribution < -0.4 is 14.5 Å². The first kappa shape index (κ1) is 19.7. The second-order valence-corrected chi connectivity index (χ2v) is 9.29. The van der Waals surface area contributed by atoms with Crippen LogP contribution in [-0.2, 0) is 21.2 Å². The number of hydrogen-bond donors (Lipinski definition) is 1.